The number of nitrogens with zero attached hydrogens (tertiary/aromatic N) is 2. The topological polar surface area (TPSA) is 16.1 Å². The average molecular weight is 359 g/mol. The van der Waals surface area contributed by atoms with Gasteiger partial charge in [-0.1, -0.05) is 34.1 Å². The zero-order valence-corrected chi connectivity index (χ0v) is 14.0. The van der Waals surface area contributed by atoms with Crippen LogP contribution in [0.4, 0.5) is 5.82 Å². The minimum absolute atomic E-state index is 1.08. The van der Waals surface area contributed by atoms with Gasteiger partial charge in [0.1, 0.15) is 5.82 Å². The van der Waals surface area contributed by atoms with E-state index in [9.17, 15) is 0 Å². The quantitative estimate of drug-likeness (QED) is 0.586. The van der Waals surface area contributed by atoms with Crippen LogP contribution in [0.25, 0.3) is 21.7 Å². The summed E-state index contributed by atoms with van der Waals surface area (Å²) in [4.78, 5) is 7.39. The zero-order valence-electron chi connectivity index (χ0n) is 11.6. The molecule has 1 saturated heterocycles. The van der Waals surface area contributed by atoms with Crippen molar-refractivity contribution in [1.29, 1.82) is 0 Å². The molecule has 0 amide bonds. The third-order valence-corrected chi connectivity index (χ3v) is 5.39. The van der Waals surface area contributed by atoms with Gasteiger partial charge >= 0.3 is 0 Å². The molecule has 21 heavy (non-hydrogen) atoms. The van der Waals surface area contributed by atoms with Crippen molar-refractivity contribution in [2.45, 2.75) is 0 Å². The molecule has 0 spiro atoms. The molecular weight excluding hydrogens is 344 g/mol. The van der Waals surface area contributed by atoms with Gasteiger partial charge in [0.05, 0.1) is 5.52 Å². The molecule has 0 N–H and O–H groups in total. The molecule has 2 aromatic carbocycles. The van der Waals surface area contributed by atoms with Crippen LogP contribution in [0.15, 0.2) is 46.9 Å². The van der Waals surface area contributed by atoms with E-state index >= 15 is 0 Å². The molecule has 1 aromatic heterocycles. The summed E-state index contributed by atoms with van der Waals surface area (Å²) in [5.41, 5.74) is 1.08. The van der Waals surface area contributed by atoms with E-state index in [0.717, 1.165) is 28.9 Å². The van der Waals surface area contributed by atoms with E-state index in [0.29, 0.717) is 0 Å². The van der Waals surface area contributed by atoms with Crippen LogP contribution in [0.3, 0.4) is 0 Å². The highest BCUT2D eigenvalue weighted by molar-refractivity contribution is 9.10. The Morgan fingerprint density at radius 1 is 0.952 bits per heavy atom. The average Bonchev–Trinajstić information content (AvgIpc) is 2.55. The summed E-state index contributed by atoms with van der Waals surface area (Å²) in [6.45, 7) is 2.17. The van der Waals surface area contributed by atoms with E-state index in [1.54, 1.807) is 0 Å². The second-order valence-electron chi connectivity index (χ2n) is 5.24. The lowest BCUT2D eigenvalue weighted by Gasteiger charge is -2.29. The highest BCUT2D eigenvalue weighted by Gasteiger charge is 2.17. The zero-order chi connectivity index (χ0) is 14.2. The molecule has 0 atom stereocenters. The van der Waals surface area contributed by atoms with Crippen molar-refractivity contribution in [3.63, 3.8) is 0 Å². The number of anilines is 1. The van der Waals surface area contributed by atoms with E-state index in [1.165, 1.54) is 27.7 Å². The number of aromatic nitrogens is 1. The number of benzene rings is 2. The summed E-state index contributed by atoms with van der Waals surface area (Å²) in [6, 6.07) is 14.9. The van der Waals surface area contributed by atoms with E-state index in [-0.39, 0.29) is 0 Å². The Bertz CT molecular complexity index is 812. The van der Waals surface area contributed by atoms with E-state index in [2.05, 4.69) is 63.3 Å². The lowest BCUT2D eigenvalue weighted by molar-refractivity contribution is 0.847. The molecule has 1 aliphatic heterocycles. The number of thioether (sulfide) groups is 1. The summed E-state index contributed by atoms with van der Waals surface area (Å²) in [7, 11) is 0. The predicted molar refractivity (Wildman–Crippen MR) is 96.5 cm³/mol. The first-order chi connectivity index (χ1) is 10.3. The third kappa shape index (κ3) is 2.40. The molecule has 0 bridgehead atoms. The molecule has 4 heteroatoms. The standard InChI is InChI=1S/C17H15BrN2S/c18-12-5-6-14-15(11-12)13-3-1-2-4-16(13)19-17(14)20-7-9-21-10-8-20/h1-6,11H,7-10H2. The van der Waals surface area contributed by atoms with Gasteiger partial charge in [-0.25, -0.2) is 4.98 Å². The summed E-state index contributed by atoms with van der Waals surface area (Å²) >= 11 is 5.63. The normalized spacial score (nSPS) is 15.8. The van der Waals surface area contributed by atoms with Crippen molar-refractivity contribution in [3.05, 3.63) is 46.9 Å². The van der Waals surface area contributed by atoms with Gasteiger partial charge in [0.25, 0.3) is 0 Å². The molecule has 0 unspecified atom stereocenters. The molecule has 2 heterocycles. The summed E-state index contributed by atoms with van der Waals surface area (Å²) in [5.74, 6) is 3.51. The molecule has 1 fully saturated rings. The van der Waals surface area contributed by atoms with Gasteiger partial charge in [0.2, 0.25) is 0 Å². The maximum Gasteiger partial charge on any atom is 0.137 e. The van der Waals surface area contributed by atoms with Gasteiger partial charge in [-0.15, -0.1) is 0 Å². The summed E-state index contributed by atoms with van der Waals surface area (Å²) in [5, 5.41) is 3.76. The van der Waals surface area contributed by atoms with Gasteiger partial charge in [0, 0.05) is 39.8 Å². The minimum Gasteiger partial charge on any atom is -0.354 e. The van der Waals surface area contributed by atoms with E-state index in [1.807, 2.05) is 11.8 Å². The molecule has 0 saturated carbocycles. The Labute approximate surface area is 136 Å². The first kappa shape index (κ1) is 13.4. The summed E-state index contributed by atoms with van der Waals surface area (Å²) < 4.78 is 1.12. The Kier molecular flexibility index (Phi) is 3.51. The largest absolute Gasteiger partial charge is 0.354 e. The highest BCUT2D eigenvalue weighted by atomic mass is 79.9. The van der Waals surface area contributed by atoms with Crippen LogP contribution >= 0.6 is 27.7 Å². The van der Waals surface area contributed by atoms with Crippen molar-refractivity contribution in [2.75, 3.05) is 29.5 Å². The summed E-state index contributed by atoms with van der Waals surface area (Å²) in [6.07, 6.45) is 0. The van der Waals surface area contributed by atoms with Crippen molar-refractivity contribution < 1.29 is 0 Å². The molecular formula is C17H15BrN2S. The van der Waals surface area contributed by atoms with Crippen molar-refractivity contribution in [1.82, 2.24) is 4.98 Å². The van der Waals surface area contributed by atoms with Crippen LogP contribution in [0.5, 0.6) is 0 Å². The SMILES string of the molecule is Brc1ccc2c(N3CCSCC3)nc3ccccc3c2c1. The van der Waals surface area contributed by atoms with Crippen LogP contribution < -0.4 is 4.90 Å². The molecule has 2 nitrogen and oxygen atoms in total. The molecule has 106 valence electrons. The van der Waals surface area contributed by atoms with E-state index in [4.69, 9.17) is 4.98 Å². The Morgan fingerprint density at radius 2 is 1.76 bits per heavy atom. The molecule has 0 aliphatic carbocycles. The Morgan fingerprint density at radius 3 is 2.62 bits per heavy atom. The van der Waals surface area contributed by atoms with E-state index < -0.39 is 0 Å². The predicted octanol–water partition coefficient (Wildman–Crippen LogP) is 4.70. The van der Waals surface area contributed by atoms with Crippen LogP contribution in [-0.2, 0) is 0 Å². The lowest BCUT2D eigenvalue weighted by atomic mass is 10.1. The Balaban J connectivity index is 2.03. The number of para-hydroxylation sites is 1. The van der Waals surface area contributed by atoms with Crippen LogP contribution in [0.1, 0.15) is 0 Å². The fourth-order valence-corrected chi connectivity index (χ4v) is 4.19. The number of hydrogen-bond acceptors (Lipinski definition) is 3. The van der Waals surface area contributed by atoms with Crippen LogP contribution in [0, 0.1) is 0 Å². The monoisotopic (exact) mass is 358 g/mol. The minimum atomic E-state index is 1.08. The highest BCUT2D eigenvalue weighted by Crippen LogP contribution is 2.34. The molecule has 3 aromatic rings. The second-order valence-corrected chi connectivity index (χ2v) is 7.38. The number of halogens is 1. The van der Waals surface area contributed by atoms with Crippen LogP contribution in [-0.4, -0.2) is 29.6 Å². The first-order valence-corrected chi connectivity index (χ1v) is 9.08. The van der Waals surface area contributed by atoms with Gasteiger partial charge < -0.3 is 4.90 Å². The van der Waals surface area contributed by atoms with Crippen molar-refractivity contribution >= 4 is 55.2 Å². The number of rotatable bonds is 1. The molecule has 4 rings (SSSR count). The van der Waals surface area contributed by atoms with Gasteiger partial charge in [-0.05, 0) is 29.7 Å². The van der Waals surface area contributed by atoms with Crippen molar-refractivity contribution in [2.24, 2.45) is 0 Å². The van der Waals surface area contributed by atoms with Gasteiger partial charge in [-0.2, -0.15) is 11.8 Å². The van der Waals surface area contributed by atoms with Gasteiger partial charge in [-0.3, -0.25) is 0 Å². The first-order valence-electron chi connectivity index (χ1n) is 7.13. The fraction of sp³-hybridized carbons (Fsp3) is 0.235. The third-order valence-electron chi connectivity index (χ3n) is 3.95. The number of pyridine rings is 1. The fourth-order valence-electron chi connectivity index (χ4n) is 2.92. The Hall–Kier alpha value is -1.26. The number of fused-ring (bicyclic) bond motifs is 3. The van der Waals surface area contributed by atoms with Gasteiger partial charge in [0.15, 0.2) is 0 Å². The maximum atomic E-state index is 4.96. The second kappa shape index (κ2) is 5.50. The lowest BCUT2D eigenvalue weighted by Crippen LogP contribution is -2.33. The molecule has 0 radical (unpaired) electrons. The van der Waals surface area contributed by atoms with Crippen LogP contribution in [0.2, 0.25) is 0 Å². The molecule has 1 aliphatic rings. The smallest absolute Gasteiger partial charge is 0.137 e. The number of hydrogen-bond donors (Lipinski definition) is 0. The maximum absolute atomic E-state index is 4.96. The van der Waals surface area contributed by atoms with Crippen molar-refractivity contribution in [3.8, 4) is 0 Å².